The Labute approximate surface area is 129 Å². The number of methoxy groups -OCH3 is 1. The predicted molar refractivity (Wildman–Crippen MR) is 80.9 cm³/mol. The smallest absolute Gasteiger partial charge is 0.319 e. The van der Waals surface area contributed by atoms with Crippen molar-refractivity contribution in [1.82, 2.24) is 15.5 Å². The molecule has 0 bridgehead atoms. The van der Waals surface area contributed by atoms with E-state index >= 15 is 0 Å². The predicted octanol–water partition coefficient (Wildman–Crippen LogP) is 1.17. The van der Waals surface area contributed by atoms with Gasteiger partial charge >= 0.3 is 6.03 Å². The first kappa shape index (κ1) is 14.6. The van der Waals surface area contributed by atoms with Gasteiger partial charge in [0.1, 0.15) is 0 Å². The average Bonchev–Trinajstić information content (AvgIpc) is 2.84. The molecule has 2 N–H and O–H groups in total. The Bertz CT molecular complexity index is 612. The lowest BCUT2D eigenvalue weighted by molar-refractivity contribution is -0.125. The van der Waals surface area contributed by atoms with Crippen molar-refractivity contribution in [3.05, 3.63) is 47.2 Å². The third-order valence-electron chi connectivity index (χ3n) is 3.93. The summed E-state index contributed by atoms with van der Waals surface area (Å²) in [6.45, 7) is 1.69. The second-order valence-electron chi connectivity index (χ2n) is 5.41. The highest BCUT2D eigenvalue weighted by atomic mass is 16.5. The largest absolute Gasteiger partial charge is 0.385 e. The van der Waals surface area contributed by atoms with Crippen LogP contribution >= 0.6 is 0 Å². The average molecular weight is 301 g/mol. The van der Waals surface area contributed by atoms with Crippen molar-refractivity contribution in [2.45, 2.75) is 12.5 Å². The standard InChI is InChI=1S/C16H19N3O3/c1-22-9-5-8-19-10-12-13(15(19)20)14(18-16(21)17-12)11-6-3-2-4-7-11/h2-4,6-7,14H,5,8-10H2,1H3,(H2,17,18,21)/t14-/m1/s1. The third kappa shape index (κ3) is 2.69. The van der Waals surface area contributed by atoms with E-state index in [4.69, 9.17) is 4.74 Å². The van der Waals surface area contributed by atoms with Gasteiger partial charge in [-0.05, 0) is 12.0 Å². The quantitative estimate of drug-likeness (QED) is 0.802. The lowest BCUT2D eigenvalue weighted by atomic mass is 9.96. The number of hydrogen-bond donors (Lipinski definition) is 2. The number of nitrogens with zero attached hydrogens (tertiary/aromatic N) is 1. The number of carbonyl (C=O) groups is 2. The zero-order valence-electron chi connectivity index (χ0n) is 12.5. The summed E-state index contributed by atoms with van der Waals surface area (Å²) in [4.78, 5) is 26.3. The number of amides is 3. The maximum absolute atomic E-state index is 12.7. The minimum absolute atomic E-state index is 0.0209. The molecule has 0 saturated heterocycles. The highest BCUT2D eigenvalue weighted by Gasteiger charge is 2.39. The fraction of sp³-hybridized carbons (Fsp3) is 0.375. The third-order valence-corrected chi connectivity index (χ3v) is 3.93. The van der Waals surface area contributed by atoms with E-state index in [1.165, 1.54) is 0 Å². The first-order chi connectivity index (χ1) is 10.7. The van der Waals surface area contributed by atoms with Crippen LogP contribution in [0.4, 0.5) is 4.79 Å². The Kier molecular flexibility index (Phi) is 4.11. The first-order valence-electron chi connectivity index (χ1n) is 7.34. The Hall–Kier alpha value is -2.34. The van der Waals surface area contributed by atoms with Crippen LogP contribution in [0.3, 0.4) is 0 Å². The maximum Gasteiger partial charge on any atom is 0.319 e. The molecule has 1 atom stereocenters. The van der Waals surface area contributed by atoms with Gasteiger partial charge < -0.3 is 20.3 Å². The highest BCUT2D eigenvalue weighted by Crippen LogP contribution is 2.32. The monoisotopic (exact) mass is 301 g/mol. The van der Waals surface area contributed by atoms with Crippen molar-refractivity contribution in [2.75, 3.05) is 26.8 Å². The summed E-state index contributed by atoms with van der Waals surface area (Å²) < 4.78 is 5.03. The highest BCUT2D eigenvalue weighted by molar-refractivity contribution is 6.01. The Morgan fingerprint density at radius 3 is 2.77 bits per heavy atom. The van der Waals surface area contributed by atoms with Crippen LogP contribution in [-0.2, 0) is 9.53 Å². The summed E-state index contributed by atoms with van der Waals surface area (Å²) in [5, 5.41) is 5.61. The summed E-state index contributed by atoms with van der Waals surface area (Å²) >= 11 is 0. The SMILES string of the molecule is COCCCN1CC2=C(C1=O)[C@@H](c1ccccc1)NC(=O)N2. The van der Waals surface area contributed by atoms with Gasteiger partial charge in [0.05, 0.1) is 23.9 Å². The van der Waals surface area contributed by atoms with Crippen LogP contribution in [0.5, 0.6) is 0 Å². The van der Waals surface area contributed by atoms with Gasteiger partial charge in [0.25, 0.3) is 5.91 Å². The first-order valence-corrected chi connectivity index (χ1v) is 7.34. The van der Waals surface area contributed by atoms with Crippen molar-refractivity contribution in [2.24, 2.45) is 0 Å². The number of rotatable bonds is 5. The summed E-state index contributed by atoms with van der Waals surface area (Å²) in [5.41, 5.74) is 2.26. The lowest BCUT2D eigenvalue weighted by Crippen LogP contribution is -2.44. The minimum Gasteiger partial charge on any atom is -0.385 e. The molecule has 0 fully saturated rings. The number of nitrogens with one attached hydrogen (secondary N) is 2. The van der Waals surface area contributed by atoms with Crippen LogP contribution in [0.15, 0.2) is 41.6 Å². The van der Waals surface area contributed by atoms with Crippen molar-refractivity contribution in [3.8, 4) is 0 Å². The molecule has 22 heavy (non-hydrogen) atoms. The van der Waals surface area contributed by atoms with E-state index in [9.17, 15) is 9.59 Å². The molecule has 6 nitrogen and oxygen atoms in total. The molecule has 3 rings (SSSR count). The fourth-order valence-corrected chi connectivity index (χ4v) is 2.90. The van der Waals surface area contributed by atoms with Crippen LogP contribution in [0.25, 0.3) is 0 Å². The minimum atomic E-state index is -0.384. The van der Waals surface area contributed by atoms with E-state index in [1.54, 1.807) is 12.0 Å². The molecule has 6 heteroatoms. The summed E-state index contributed by atoms with van der Waals surface area (Å²) in [5.74, 6) is -0.0209. The van der Waals surface area contributed by atoms with Gasteiger partial charge in [0.2, 0.25) is 0 Å². The maximum atomic E-state index is 12.7. The fourth-order valence-electron chi connectivity index (χ4n) is 2.90. The second kappa shape index (κ2) is 6.19. The molecule has 0 spiro atoms. The molecule has 116 valence electrons. The molecule has 2 heterocycles. The van der Waals surface area contributed by atoms with E-state index in [0.29, 0.717) is 31.0 Å². The molecular weight excluding hydrogens is 282 g/mol. The van der Waals surface area contributed by atoms with E-state index in [-0.39, 0.29) is 18.0 Å². The van der Waals surface area contributed by atoms with Gasteiger partial charge in [-0.2, -0.15) is 0 Å². The molecule has 1 aromatic rings. The summed E-state index contributed by atoms with van der Waals surface area (Å²) in [6, 6.07) is 8.90. The molecule has 2 aliphatic heterocycles. The number of benzene rings is 1. The zero-order valence-corrected chi connectivity index (χ0v) is 12.5. The van der Waals surface area contributed by atoms with Crippen molar-refractivity contribution >= 4 is 11.9 Å². The van der Waals surface area contributed by atoms with Gasteiger partial charge in [-0.3, -0.25) is 4.79 Å². The van der Waals surface area contributed by atoms with Crippen LogP contribution in [0.1, 0.15) is 18.0 Å². The molecular formula is C16H19N3O3. The lowest BCUT2D eigenvalue weighted by Gasteiger charge is -2.25. The Balaban J connectivity index is 1.83. The van der Waals surface area contributed by atoms with Crippen LogP contribution in [-0.4, -0.2) is 43.6 Å². The summed E-state index contributed by atoms with van der Waals surface area (Å²) in [6.07, 6.45) is 0.778. The number of carbonyl (C=O) groups excluding carboxylic acids is 2. The van der Waals surface area contributed by atoms with Gasteiger partial charge in [0, 0.05) is 20.3 Å². The molecule has 0 unspecified atom stereocenters. The van der Waals surface area contributed by atoms with Crippen molar-refractivity contribution < 1.29 is 14.3 Å². The van der Waals surface area contributed by atoms with Crippen LogP contribution in [0.2, 0.25) is 0 Å². The van der Waals surface area contributed by atoms with Gasteiger partial charge in [-0.25, -0.2) is 4.79 Å². The van der Waals surface area contributed by atoms with E-state index < -0.39 is 0 Å². The number of ether oxygens (including phenoxy) is 1. The molecule has 0 aromatic heterocycles. The molecule has 2 aliphatic rings. The van der Waals surface area contributed by atoms with Gasteiger partial charge in [-0.15, -0.1) is 0 Å². The zero-order chi connectivity index (χ0) is 15.5. The van der Waals surface area contributed by atoms with Crippen LogP contribution in [0, 0.1) is 0 Å². The number of urea groups is 1. The van der Waals surface area contributed by atoms with E-state index in [2.05, 4.69) is 10.6 Å². The molecule has 0 aliphatic carbocycles. The topological polar surface area (TPSA) is 70.7 Å². The van der Waals surface area contributed by atoms with E-state index in [1.807, 2.05) is 30.3 Å². The molecule has 1 aromatic carbocycles. The van der Waals surface area contributed by atoms with Crippen molar-refractivity contribution in [3.63, 3.8) is 0 Å². The molecule has 0 radical (unpaired) electrons. The Morgan fingerprint density at radius 1 is 1.27 bits per heavy atom. The normalized spacial score (nSPS) is 20.8. The Morgan fingerprint density at radius 2 is 2.05 bits per heavy atom. The van der Waals surface area contributed by atoms with E-state index in [0.717, 1.165) is 12.0 Å². The number of hydrogen-bond acceptors (Lipinski definition) is 3. The second-order valence-corrected chi connectivity index (χ2v) is 5.41. The van der Waals surface area contributed by atoms with Gasteiger partial charge in [-0.1, -0.05) is 30.3 Å². The molecule has 3 amide bonds. The molecule has 0 saturated carbocycles. The van der Waals surface area contributed by atoms with Crippen molar-refractivity contribution in [1.29, 1.82) is 0 Å². The summed E-state index contributed by atoms with van der Waals surface area (Å²) in [7, 11) is 1.64. The van der Waals surface area contributed by atoms with Gasteiger partial charge in [0.15, 0.2) is 0 Å². The van der Waals surface area contributed by atoms with Crippen LogP contribution < -0.4 is 10.6 Å².